The number of carboxylic acid groups (broad SMARTS) is 1. The number of piperidine rings is 1. The van der Waals surface area contributed by atoms with Crippen molar-refractivity contribution in [2.45, 2.75) is 37.8 Å². The van der Waals surface area contributed by atoms with E-state index in [4.69, 9.17) is 5.11 Å². The van der Waals surface area contributed by atoms with Crippen molar-refractivity contribution in [1.82, 2.24) is 4.90 Å². The van der Waals surface area contributed by atoms with Crippen molar-refractivity contribution in [3.05, 3.63) is 0 Å². The smallest absolute Gasteiger partial charge is 0.326 e. The first kappa shape index (κ1) is 10.3. The predicted molar refractivity (Wildman–Crippen MR) is 45.4 cm³/mol. The van der Waals surface area contributed by atoms with Crippen LogP contribution in [0.2, 0.25) is 0 Å². The van der Waals surface area contributed by atoms with E-state index in [0.717, 1.165) is 11.8 Å². The maximum atomic E-state index is 13.2. The molecule has 4 nitrogen and oxygen atoms in total. The minimum absolute atomic E-state index is 0.117. The maximum absolute atomic E-state index is 13.2. The van der Waals surface area contributed by atoms with Crippen molar-refractivity contribution in [3.63, 3.8) is 0 Å². The Kier molecular flexibility index (Phi) is 1.99. The summed E-state index contributed by atoms with van der Waals surface area (Å²) >= 11 is 0. The van der Waals surface area contributed by atoms with Crippen LogP contribution < -0.4 is 0 Å². The van der Waals surface area contributed by atoms with Crippen LogP contribution >= 0.6 is 0 Å². The maximum Gasteiger partial charge on any atom is 0.326 e. The number of amides is 1. The number of rotatable bonds is 1. The van der Waals surface area contributed by atoms with E-state index in [9.17, 15) is 18.4 Å². The number of carbonyl (C=O) groups is 2. The van der Waals surface area contributed by atoms with Crippen LogP contribution in [0.1, 0.15) is 19.8 Å². The van der Waals surface area contributed by atoms with Gasteiger partial charge < -0.3 is 10.0 Å². The first-order valence-electron chi connectivity index (χ1n) is 4.77. The van der Waals surface area contributed by atoms with E-state index in [1.165, 1.54) is 0 Å². The number of carboxylic acids is 1. The zero-order valence-electron chi connectivity index (χ0n) is 8.11. The highest BCUT2D eigenvalue weighted by atomic mass is 19.3. The van der Waals surface area contributed by atoms with Crippen LogP contribution in [0.5, 0.6) is 0 Å². The number of alkyl halides is 2. The molecule has 2 rings (SSSR count). The molecule has 15 heavy (non-hydrogen) atoms. The lowest BCUT2D eigenvalue weighted by molar-refractivity contribution is -0.152. The minimum Gasteiger partial charge on any atom is -0.480 e. The molecular formula is C9H11F2NO3. The molecule has 1 saturated heterocycles. The SMILES string of the molecule is CC(=O)N1[C@H](C(=O)O)CC[C@H]2[C@@H]1C2(F)F. The molecule has 3 atom stereocenters. The average Bonchev–Trinajstić information content (AvgIpc) is 2.68. The molecule has 2 aliphatic rings. The Morgan fingerprint density at radius 2 is 2.00 bits per heavy atom. The summed E-state index contributed by atoms with van der Waals surface area (Å²) in [5.74, 6) is -5.52. The second-order valence-corrected chi connectivity index (χ2v) is 4.08. The zero-order chi connectivity index (χ0) is 11.4. The van der Waals surface area contributed by atoms with E-state index in [2.05, 4.69) is 0 Å². The van der Waals surface area contributed by atoms with Crippen molar-refractivity contribution < 1.29 is 23.5 Å². The van der Waals surface area contributed by atoms with E-state index in [1.54, 1.807) is 0 Å². The van der Waals surface area contributed by atoms with E-state index in [1.807, 2.05) is 0 Å². The van der Waals surface area contributed by atoms with Gasteiger partial charge in [-0.2, -0.15) is 0 Å². The van der Waals surface area contributed by atoms with Crippen molar-refractivity contribution in [2.24, 2.45) is 5.92 Å². The van der Waals surface area contributed by atoms with Crippen LogP contribution in [-0.2, 0) is 9.59 Å². The normalized spacial score (nSPS) is 37.0. The summed E-state index contributed by atoms with van der Waals surface area (Å²) in [4.78, 5) is 22.8. The van der Waals surface area contributed by atoms with Gasteiger partial charge in [0.05, 0.1) is 5.92 Å². The molecule has 0 aromatic carbocycles. The first-order chi connectivity index (χ1) is 6.87. The van der Waals surface area contributed by atoms with E-state index < -0.39 is 35.8 Å². The van der Waals surface area contributed by atoms with Crippen molar-refractivity contribution in [2.75, 3.05) is 0 Å². The molecule has 0 unspecified atom stereocenters. The van der Waals surface area contributed by atoms with Crippen molar-refractivity contribution >= 4 is 11.9 Å². The Morgan fingerprint density at radius 3 is 2.47 bits per heavy atom. The molecule has 1 heterocycles. The molecule has 1 aliphatic carbocycles. The lowest BCUT2D eigenvalue weighted by atomic mass is 10.0. The Labute approximate surface area is 84.9 Å². The molecule has 6 heteroatoms. The second kappa shape index (κ2) is 2.90. The number of aliphatic carboxylic acids is 1. The van der Waals surface area contributed by atoms with Crippen molar-refractivity contribution in [3.8, 4) is 0 Å². The van der Waals surface area contributed by atoms with Gasteiger partial charge in [0.25, 0.3) is 5.92 Å². The van der Waals surface area contributed by atoms with Gasteiger partial charge in [-0.3, -0.25) is 4.79 Å². The molecule has 0 aromatic heterocycles. The largest absolute Gasteiger partial charge is 0.480 e. The standard InChI is InChI=1S/C9H11F2NO3/c1-4(13)12-6(8(14)15)3-2-5-7(12)9(5,10)11/h5-7H,2-3H2,1H3,(H,14,15)/t5-,6-,7+/m0/s1. The Balaban J connectivity index is 2.25. The molecule has 2 fully saturated rings. The summed E-state index contributed by atoms with van der Waals surface area (Å²) in [6.45, 7) is 1.13. The third-order valence-corrected chi connectivity index (χ3v) is 3.20. The molecule has 1 saturated carbocycles. The molecular weight excluding hydrogens is 208 g/mol. The van der Waals surface area contributed by atoms with Gasteiger partial charge in [0.1, 0.15) is 12.1 Å². The van der Waals surface area contributed by atoms with Crippen LogP contribution in [0.15, 0.2) is 0 Å². The number of likely N-dealkylation sites (tertiary alicyclic amines) is 1. The van der Waals surface area contributed by atoms with Gasteiger partial charge >= 0.3 is 5.97 Å². The summed E-state index contributed by atoms with van der Waals surface area (Å²) in [5.41, 5.74) is 0. The van der Waals surface area contributed by atoms with Gasteiger partial charge in [0.15, 0.2) is 0 Å². The highest BCUT2D eigenvalue weighted by Crippen LogP contribution is 2.58. The molecule has 0 bridgehead atoms. The van der Waals surface area contributed by atoms with E-state index in [0.29, 0.717) is 0 Å². The van der Waals surface area contributed by atoms with E-state index in [-0.39, 0.29) is 12.8 Å². The monoisotopic (exact) mass is 219 g/mol. The topological polar surface area (TPSA) is 57.6 Å². The van der Waals surface area contributed by atoms with Crippen molar-refractivity contribution in [1.29, 1.82) is 0 Å². The predicted octanol–water partition coefficient (Wildman–Crippen LogP) is 0.716. The van der Waals surface area contributed by atoms with Crippen LogP contribution in [0.3, 0.4) is 0 Å². The van der Waals surface area contributed by atoms with Gasteiger partial charge in [-0.25, -0.2) is 13.6 Å². The summed E-state index contributed by atoms with van der Waals surface area (Å²) in [6.07, 6.45) is 0.296. The molecule has 0 spiro atoms. The fourth-order valence-electron chi connectivity index (χ4n) is 2.43. The van der Waals surface area contributed by atoms with Crippen LogP contribution in [0, 0.1) is 5.92 Å². The van der Waals surface area contributed by atoms with Gasteiger partial charge in [0.2, 0.25) is 5.91 Å². The highest BCUT2D eigenvalue weighted by Gasteiger charge is 2.73. The van der Waals surface area contributed by atoms with E-state index >= 15 is 0 Å². The average molecular weight is 219 g/mol. The van der Waals surface area contributed by atoms with Crippen LogP contribution in [0.25, 0.3) is 0 Å². The third kappa shape index (κ3) is 1.31. The summed E-state index contributed by atoms with van der Waals surface area (Å²) in [5, 5.41) is 8.83. The number of hydrogen-bond donors (Lipinski definition) is 1. The number of halogens is 2. The fraction of sp³-hybridized carbons (Fsp3) is 0.778. The van der Waals surface area contributed by atoms with Gasteiger partial charge in [0, 0.05) is 6.92 Å². The minimum atomic E-state index is -2.89. The highest BCUT2D eigenvalue weighted by molar-refractivity contribution is 5.83. The molecule has 1 aliphatic heterocycles. The lowest BCUT2D eigenvalue weighted by Crippen LogP contribution is -2.49. The first-order valence-corrected chi connectivity index (χ1v) is 4.77. The Morgan fingerprint density at radius 1 is 1.40 bits per heavy atom. The summed E-state index contributed by atoms with van der Waals surface area (Å²) in [7, 11) is 0. The van der Waals surface area contributed by atoms with Crippen LogP contribution in [-0.4, -0.2) is 39.9 Å². The quantitative estimate of drug-likeness (QED) is 0.706. The second-order valence-electron chi connectivity index (χ2n) is 4.08. The lowest BCUT2D eigenvalue weighted by Gasteiger charge is -2.30. The zero-order valence-corrected chi connectivity index (χ0v) is 8.11. The number of fused-ring (bicyclic) bond motifs is 1. The molecule has 84 valence electrons. The van der Waals surface area contributed by atoms with Gasteiger partial charge in [-0.1, -0.05) is 0 Å². The fourth-order valence-corrected chi connectivity index (χ4v) is 2.43. The van der Waals surface area contributed by atoms with Crippen LogP contribution in [0.4, 0.5) is 8.78 Å². The summed E-state index contributed by atoms with van der Waals surface area (Å²) in [6, 6.07) is -2.28. The molecule has 1 N–H and O–H groups in total. The van der Waals surface area contributed by atoms with Gasteiger partial charge in [-0.15, -0.1) is 0 Å². The number of nitrogens with zero attached hydrogens (tertiary/aromatic N) is 1. The van der Waals surface area contributed by atoms with Gasteiger partial charge in [-0.05, 0) is 12.8 Å². The number of carbonyl (C=O) groups excluding carboxylic acids is 1. The summed E-state index contributed by atoms with van der Waals surface area (Å²) < 4.78 is 26.3. The third-order valence-electron chi connectivity index (χ3n) is 3.20. The number of hydrogen-bond acceptors (Lipinski definition) is 2. The molecule has 0 radical (unpaired) electrons. The molecule has 0 aromatic rings. The Hall–Kier alpha value is -1.20. The Bertz CT molecular complexity index is 331. The molecule has 1 amide bonds.